The maximum Gasteiger partial charge on any atom is 0.121 e. The van der Waals surface area contributed by atoms with Gasteiger partial charge in [-0.1, -0.05) is 49.7 Å². The Labute approximate surface area is 162 Å². The summed E-state index contributed by atoms with van der Waals surface area (Å²) in [6, 6.07) is 18.5. The Balaban J connectivity index is 1.71. The molecule has 1 saturated heterocycles. The first-order valence-corrected chi connectivity index (χ1v) is 9.62. The molecule has 144 valence electrons. The summed E-state index contributed by atoms with van der Waals surface area (Å²) in [5.74, 6) is 1.31. The molecular weight excluding hydrogens is 336 g/mol. The maximum absolute atomic E-state index is 5.99. The second-order valence-electron chi connectivity index (χ2n) is 7.08. The summed E-state index contributed by atoms with van der Waals surface area (Å²) in [5.41, 5.74) is 15.2. The lowest BCUT2D eigenvalue weighted by atomic mass is 10.1. The monoisotopic (exact) mass is 366 g/mol. The predicted molar refractivity (Wildman–Crippen MR) is 111 cm³/mol. The largest absolute Gasteiger partial charge is 0.489 e. The maximum atomic E-state index is 5.99. The standard InChI is InChI=1S/C22H30N4O/c1-2-3-12-25-14-19(22(23)24)15-26(17-25)20-10-7-11-21(13-20)27-16-18-8-5-4-6-9-18/h4-11,13H,2-3,12,14-17,23-24H2,1H3. The third kappa shape index (κ3) is 5.41. The minimum atomic E-state index is 0.442. The number of rotatable bonds is 7. The number of nitrogens with zero attached hydrogens (tertiary/aromatic N) is 2. The lowest BCUT2D eigenvalue weighted by molar-refractivity contribution is 0.268. The van der Waals surface area contributed by atoms with Gasteiger partial charge >= 0.3 is 0 Å². The van der Waals surface area contributed by atoms with Gasteiger partial charge in [-0.25, -0.2) is 0 Å². The second-order valence-corrected chi connectivity index (χ2v) is 7.08. The van der Waals surface area contributed by atoms with Gasteiger partial charge in [0.2, 0.25) is 0 Å². The molecule has 2 aromatic carbocycles. The average Bonchev–Trinajstić information content (AvgIpc) is 2.71. The van der Waals surface area contributed by atoms with E-state index in [0.29, 0.717) is 12.4 Å². The molecule has 0 spiro atoms. The summed E-state index contributed by atoms with van der Waals surface area (Å²) in [5, 5.41) is 0. The lowest BCUT2D eigenvalue weighted by Crippen LogP contribution is -2.47. The molecule has 3 rings (SSSR count). The molecule has 0 unspecified atom stereocenters. The third-order valence-electron chi connectivity index (χ3n) is 4.83. The van der Waals surface area contributed by atoms with Gasteiger partial charge in [-0.3, -0.25) is 4.90 Å². The van der Waals surface area contributed by atoms with Crippen LogP contribution in [0.15, 0.2) is 66.0 Å². The van der Waals surface area contributed by atoms with Crippen molar-refractivity contribution >= 4 is 5.69 Å². The molecule has 1 fully saturated rings. The van der Waals surface area contributed by atoms with Gasteiger partial charge in [0.15, 0.2) is 0 Å². The van der Waals surface area contributed by atoms with E-state index in [1.54, 1.807) is 0 Å². The number of unbranched alkanes of at least 4 members (excludes halogenated alkanes) is 1. The Morgan fingerprint density at radius 2 is 1.85 bits per heavy atom. The zero-order valence-electron chi connectivity index (χ0n) is 16.1. The van der Waals surface area contributed by atoms with Gasteiger partial charge < -0.3 is 21.1 Å². The number of hydrogen-bond acceptors (Lipinski definition) is 5. The van der Waals surface area contributed by atoms with Gasteiger partial charge in [-0.2, -0.15) is 0 Å². The van der Waals surface area contributed by atoms with Crippen LogP contribution in [0.4, 0.5) is 5.69 Å². The Kier molecular flexibility index (Phi) is 6.60. The predicted octanol–water partition coefficient (Wildman–Crippen LogP) is 3.27. The normalized spacial score (nSPS) is 15.0. The van der Waals surface area contributed by atoms with E-state index in [9.17, 15) is 0 Å². The van der Waals surface area contributed by atoms with E-state index in [2.05, 4.69) is 41.0 Å². The molecule has 1 aliphatic heterocycles. The molecule has 0 amide bonds. The van der Waals surface area contributed by atoms with Crippen LogP contribution in [0.3, 0.4) is 0 Å². The first kappa shape index (κ1) is 19.1. The van der Waals surface area contributed by atoms with E-state index in [1.165, 1.54) is 12.8 Å². The molecular formula is C22H30N4O. The van der Waals surface area contributed by atoms with E-state index in [4.69, 9.17) is 16.2 Å². The van der Waals surface area contributed by atoms with Gasteiger partial charge in [-0.05, 0) is 24.1 Å². The molecule has 0 radical (unpaired) electrons. The minimum absolute atomic E-state index is 0.442. The van der Waals surface area contributed by atoms with E-state index in [1.807, 2.05) is 30.3 Å². The van der Waals surface area contributed by atoms with Crippen molar-refractivity contribution in [2.75, 3.05) is 31.2 Å². The summed E-state index contributed by atoms with van der Waals surface area (Å²) in [7, 11) is 0. The van der Waals surface area contributed by atoms with E-state index >= 15 is 0 Å². The fourth-order valence-electron chi connectivity index (χ4n) is 3.29. The first-order chi connectivity index (χ1) is 13.2. The minimum Gasteiger partial charge on any atom is -0.489 e. The van der Waals surface area contributed by atoms with Crippen molar-refractivity contribution in [2.45, 2.75) is 26.4 Å². The summed E-state index contributed by atoms with van der Waals surface area (Å²) in [6.07, 6.45) is 2.35. The van der Waals surface area contributed by atoms with Crippen LogP contribution in [-0.2, 0) is 6.61 Å². The number of hydrogen-bond donors (Lipinski definition) is 2. The molecule has 2 aromatic rings. The molecule has 0 saturated carbocycles. The van der Waals surface area contributed by atoms with Crippen LogP contribution in [0.5, 0.6) is 5.75 Å². The highest BCUT2D eigenvalue weighted by Crippen LogP contribution is 2.25. The van der Waals surface area contributed by atoms with Crippen LogP contribution in [0.2, 0.25) is 0 Å². The smallest absolute Gasteiger partial charge is 0.121 e. The average molecular weight is 367 g/mol. The summed E-state index contributed by atoms with van der Waals surface area (Å²) < 4.78 is 5.99. The summed E-state index contributed by atoms with van der Waals surface area (Å²) in [6.45, 7) is 6.31. The topological polar surface area (TPSA) is 67.8 Å². The van der Waals surface area contributed by atoms with Crippen LogP contribution >= 0.6 is 0 Å². The highest BCUT2D eigenvalue weighted by molar-refractivity contribution is 5.52. The van der Waals surface area contributed by atoms with Crippen molar-refractivity contribution < 1.29 is 4.74 Å². The van der Waals surface area contributed by atoms with Crippen molar-refractivity contribution in [3.63, 3.8) is 0 Å². The van der Waals surface area contributed by atoms with E-state index in [-0.39, 0.29) is 0 Å². The number of ether oxygens (including phenoxy) is 1. The summed E-state index contributed by atoms with van der Waals surface area (Å²) in [4.78, 5) is 4.71. The summed E-state index contributed by atoms with van der Waals surface area (Å²) >= 11 is 0. The third-order valence-corrected chi connectivity index (χ3v) is 4.83. The zero-order chi connectivity index (χ0) is 19.1. The second kappa shape index (κ2) is 9.33. The van der Waals surface area contributed by atoms with Crippen LogP contribution in [0.1, 0.15) is 25.3 Å². The quantitative estimate of drug-likeness (QED) is 0.787. The van der Waals surface area contributed by atoms with Crippen LogP contribution in [-0.4, -0.2) is 31.2 Å². The number of nitrogens with two attached hydrogens (primary N) is 2. The van der Waals surface area contributed by atoms with Crippen LogP contribution < -0.4 is 21.1 Å². The lowest BCUT2D eigenvalue weighted by Gasteiger charge is -2.38. The van der Waals surface area contributed by atoms with Gasteiger partial charge in [0.05, 0.1) is 12.5 Å². The molecule has 1 heterocycles. The Bertz CT molecular complexity index is 756. The highest BCUT2D eigenvalue weighted by Gasteiger charge is 2.22. The van der Waals surface area contributed by atoms with Gasteiger partial charge in [-0.15, -0.1) is 0 Å². The Morgan fingerprint density at radius 3 is 2.59 bits per heavy atom. The fourth-order valence-corrected chi connectivity index (χ4v) is 3.29. The Hall–Kier alpha value is -2.66. The van der Waals surface area contributed by atoms with E-state index < -0.39 is 0 Å². The molecule has 27 heavy (non-hydrogen) atoms. The van der Waals surface area contributed by atoms with Crippen LogP contribution in [0.25, 0.3) is 0 Å². The van der Waals surface area contributed by atoms with Gasteiger partial charge in [0.1, 0.15) is 12.4 Å². The fraction of sp³-hybridized carbons (Fsp3) is 0.364. The van der Waals surface area contributed by atoms with Crippen molar-refractivity contribution in [1.82, 2.24) is 4.90 Å². The van der Waals surface area contributed by atoms with E-state index in [0.717, 1.165) is 48.9 Å². The molecule has 0 aliphatic carbocycles. The SMILES string of the molecule is CCCCN1CC(=C(N)N)CN(c2cccc(OCc3ccccc3)c2)C1. The zero-order valence-corrected chi connectivity index (χ0v) is 16.1. The van der Waals surface area contributed by atoms with Crippen molar-refractivity contribution in [1.29, 1.82) is 0 Å². The number of benzene rings is 2. The van der Waals surface area contributed by atoms with Crippen molar-refractivity contribution in [2.24, 2.45) is 11.5 Å². The highest BCUT2D eigenvalue weighted by atomic mass is 16.5. The molecule has 4 N–H and O–H groups in total. The van der Waals surface area contributed by atoms with Gasteiger partial charge in [0, 0.05) is 37.0 Å². The Morgan fingerprint density at radius 1 is 1.04 bits per heavy atom. The molecule has 5 heteroatoms. The van der Waals surface area contributed by atoms with Crippen LogP contribution in [0, 0.1) is 0 Å². The number of anilines is 1. The first-order valence-electron chi connectivity index (χ1n) is 9.62. The van der Waals surface area contributed by atoms with Crippen molar-refractivity contribution in [3.05, 3.63) is 71.6 Å². The molecule has 5 nitrogen and oxygen atoms in total. The van der Waals surface area contributed by atoms with Gasteiger partial charge in [0.25, 0.3) is 0 Å². The molecule has 1 aliphatic rings. The van der Waals surface area contributed by atoms with Crippen molar-refractivity contribution in [3.8, 4) is 5.75 Å². The molecule has 0 atom stereocenters. The molecule has 0 aromatic heterocycles. The molecule has 0 bridgehead atoms.